The average molecular weight is 580 g/mol. The van der Waals surface area contributed by atoms with E-state index < -0.39 is 12.0 Å². The van der Waals surface area contributed by atoms with Crippen molar-refractivity contribution in [1.29, 1.82) is 0 Å². The van der Waals surface area contributed by atoms with E-state index in [9.17, 15) is 9.59 Å². The summed E-state index contributed by atoms with van der Waals surface area (Å²) in [5.41, 5.74) is 3.25. The lowest BCUT2D eigenvalue weighted by Crippen LogP contribution is -2.40. The molecule has 0 aliphatic carbocycles. The molecule has 5 rings (SSSR count). The van der Waals surface area contributed by atoms with Gasteiger partial charge in [-0.05, 0) is 53.5 Å². The first-order chi connectivity index (χ1) is 18.9. The molecule has 1 aliphatic heterocycles. The highest BCUT2D eigenvalue weighted by molar-refractivity contribution is 7.07. The third kappa shape index (κ3) is 5.57. The van der Waals surface area contributed by atoms with Gasteiger partial charge < -0.3 is 9.47 Å². The summed E-state index contributed by atoms with van der Waals surface area (Å²) < 4.78 is 13.1. The molecule has 198 valence electrons. The molecule has 0 N–H and O–H groups in total. The van der Waals surface area contributed by atoms with Crippen molar-refractivity contribution in [2.24, 2.45) is 4.99 Å². The molecule has 6 nitrogen and oxygen atoms in total. The van der Waals surface area contributed by atoms with E-state index >= 15 is 0 Å². The highest BCUT2D eigenvalue weighted by Crippen LogP contribution is 2.31. The molecule has 0 fully saturated rings. The Morgan fingerprint density at radius 3 is 2.56 bits per heavy atom. The molecule has 1 atom stereocenters. The van der Waals surface area contributed by atoms with Crippen molar-refractivity contribution in [1.82, 2.24) is 4.57 Å². The molecule has 2 heterocycles. The van der Waals surface area contributed by atoms with Crippen LogP contribution >= 0.6 is 34.5 Å². The van der Waals surface area contributed by atoms with Crippen LogP contribution in [0.15, 0.2) is 93.9 Å². The average Bonchev–Trinajstić information content (AvgIpc) is 3.27. The second-order valence-electron chi connectivity index (χ2n) is 8.81. The smallest absolute Gasteiger partial charge is 0.338 e. The molecule has 0 bridgehead atoms. The van der Waals surface area contributed by atoms with Gasteiger partial charge in [-0.15, -0.1) is 0 Å². The Morgan fingerprint density at radius 2 is 1.85 bits per heavy atom. The van der Waals surface area contributed by atoms with Gasteiger partial charge in [0, 0.05) is 0 Å². The molecule has 4 aromatic rings. The zero-order valence-corrected chi connectivity index (χ0v) is 23.5. The van der Waals surface area contributed by atoms with Crippen LogP contribution in [0.3, 0.4) is 0 Å². The van der Waals surface area contributed by atoms with Crippen LogP contribution in [-0.2, 0) is 16.1 Å². The first kappa shape index (κ1) is 26.9. The first-order valence-electron chi connectivity index (χ1n) is 12.2. The number of esters is 1. The number of nitrogens with zero attached hydrogens (tertiary/aromatic N) is 2. The number of carbonyl (C=O) groups is 1. The monoisotopic (exact) mass is 578 g/mol. The van der Waals surface area contributed by atoms with Gasteiger partial charge in [-0.1, -0.05) is 90.0 Å². The summed E-state index contributed by atoms with van der Waals surface area (Å²) in [6.07, 6.45) is 2.34. The van der Waals surface area contributed by atoms with Crippen LogP contribution in [0.2, 0.25) is 10.0 Å². The van der Waals surface area contributed by atoms with E-state index in [0.717, 1.165) is 16.7 Å². The van der Waals surface area contributed by atoms with E-state index in [0.29, 0.717) is 49.4 Å². The van der Waals surface area contributed by atoms with Gasteiger partial charge in [0.05, 0.1) is 39.0 Å². The summed E-state index contributed by atoms with van der Waals surface area (Å²) in [6.45, 7) is 2.25. The van der Waals surface area contributed by atoms with E-state index in [1.54, 1.807) is 16.7 Å². The molecule has 0 radical (unpaired) electrons. The van der Waals surface area contributed by atoms with Gasteiger partial charge in [-0.2, -0.15) is 0 Å². The predicted molar refractivity (Wildman–Crippen MR) is 154 cm³/mol. The summed E-state index contributed by atoms with van der Waals surface area (Å²) in [4.78, 5) is 31.9. The Kier molecular flexibility index (Phi) is 8.02. The van der Waals surface area contributed by atoms with Crippen LogP contribution in [0.5, 0.6) is 5.75 Å². The highest BCUT2D eigenvalue weighted by atomic mass is 35.5. The number of benzene rings is 3. The lowest BCUT2D eigenvalue weighted by Gasteiger charge is -2.25. The number of fused-ring (bicyclic) bond motifs is 1. The van der Waals surface area contributed by atoms with Crippen molar-refractivity contribution in [3.63, 3.8) is 0 Å². The molecule has 9 heteroatoms. The Balaban J connectivity index is 1.54. The molecule has 3 aromatic carbocycles. The molecule has 1 aromatic heterocycles. The van der Waals surface area contributed by atoms with Crippen LogP contribution in [0.4, 0.5) is 0 Å². The SMILES string of the molecule is CCC1=C(C(=O)OC)[C@H](c2ccccc2)n2c(s/c(=C\c3cccc(OCc4ccc(Cl)c(Cl)c4)c3)c2=O)=N1. The summed E-state index contributed by atoms with van der Waals surface area (Å²) in [5.74, 6) is 0.150. The fourth-order valence-electron chi connectivity index (χ4n) is 4.46. The van der Waals surface area contributed by atoms with Crippen molar-refractivity contribution in [2.75, 3.05) is 7.11 Å². The molecule has 0 spiro atoms. The van der Waals surface area contributed by atoms with E-state index in [2.05, 4.69) is 0 Å². The number of methoxy groups -OCH3 is 1. The standard InChI is InChI=1S/C30H24Cl2N2O4S/c1-3-24-26(29(36)37-2)27(20-9-5-4-6-10-20)34-28(35)25(39-30(34)33-24)16-18-8-7-11-21(14-18)38-17-19-12-13-22(31)23(32)15-19/h4-16,27H,3,17H2,1-2H3/b25-16-/t27-/m0/s1. The van der Waals surface area contributed by atoms with Crippen LogP contribution in [0, 0.1) is 0 Å². The lowest BCUT2D eigenvalue weighted by atomic mass is 9.95. The molecule has 1 aliphatic rings. The van der Waals surface area contributed by atoms with Gasteiger partial charge in [0.25, 0.3) is 5.56 Å². The number of halogens is 2. The molecule has 39 heavy (non-hydrogen) atoms. The molecular weight excluding hydrogens is 555 g/mol. The van der Waals surface area contributed by atoms with E-state index in [4.69, 9.17) is 37.7 Å². The third-order valence-electron chi connectivity index (χ3n) is 6.31. The van der Waals surface area contributed by atoms with Crippen molar-refractivity contribution in [3.05, 3.63) is 130 Å². The van der Waals surface area contributed by atoms with Gasteiger partial charge in [0.15, 0.2) is 4.80 Å². The predicted octanol–water partition coefficient (Wildman–Crippen LogP) is 5.68. The van der Waals surface area contributed by atoms with Crippen molar-refractivity contribution in [2.45, 2.75) is 26.0 Å². The fraction of sp³-hybridized carbons (Fsp3) is 0.167. The number of ether oxygens (including phenoxy) is 2. The number of hydrogen-bond acceptors (Lipinski definition) is 6. The molecule has 0 saturated carbocycles. The molecular formula is C30H24Cl2N2O4S. The fourth-order valence-corrected chi connectivity index (χ4v) is 5.80. The van der Waals surface area contributed by atoms with Gasteiger partial charge in [-0.3, -0.25) is 9.36 Å². The van der Waals surface area contributed by atoms with Gasteiger partial charge in [0.1, 0.15) is 12.4 Å². The van der Waals surface area contributed by atoms with Gasteiger partial charge in [-0.25, -0.2) is 9.79 Å². The van der Waals surface area contributed by atoms with E-state index in [1.165, 1.54) is 18.4 Å². The first-order valence-corrected chi connectivity index (χ1v) is 13.8. The maximum atomic E-state index is 13.8. The minimum atomic E-state index is -0.632. The number of aromatic nitrogens is 1. The number of hydrogen-bond donors (Lipinski definition) is 0. The normalized spacial score (nSPS) is 15.1. The zero-order chi connectivity index (χ0) is 27.5. The summed E-state index contributed by atoms with van der Waals surface area (Å²) >= 11 is 13.4. The summed E-state index contributed by atoms with van der Waals surface area (Å²) in [5, 5.41) is 0.959. The Labute approximate surface area is 239 Å². The zero-order valence-electron chi connectivity index (χ0n) is 21.2. The maximum absolute atomic E-state index is 13.8. The van der Waals surface area contributed by atoms with Crippen LogP contribution in [-0.4, -0.2) is 17.6 Å². The minimum Gasteiger partial charge on any atom is -0.489 e. The molecule has 0 amide bonds. The second kappa shape index (κ2) is 11.6. The van der Waals surface area contributed by atoms with E-state index in [-0.39, 0.29) is 5.56 Å². The Bertz CT molecular complexity index is 1760. The van der Waals surface area contributed by atoms with Crippen molar-refractivity contribution < 1.29 is 14.3 Å². The summed E-state index contributed by atoms with van der Waals surface area (Å²) in [7, 11) is 1.34. The minimum absolute atomic E-state index is 0.230. The topological polar surface area (TPSA) is 69.9 Å². The van der Waals surface area contributed by atoms with Gasteiger partial charge in [0.2, 0.25) is 0 Å². The maximum Gasteiger partial charge on any atom is 0.338 e. The number of allylic oxidation sites excluding steroid dienone is 1. The van der Waals surface area contributed by atoms with Crippen LogP contribution < -0.4 is 19.6 Å². The molecule has 0 saturated heterocycles. The number of rotatable bonds is 7. The highest BCUT2D eigenvalue weighted by Gasteiger charge is 2.33. The number of thiazole rings is 1. The van der Waals surface area contributed by atoms with Crippen LogP contribution in [0.25, 0.3) is 6.08 Å². The molecule has 0 unspecified atom stereocenters. The Morgan fingerprint density at radius 1 is 1.05 bits per heavy atom. The van der Waals surface area contributed by atoms with Gasteiger partial charge >= 0.3 is 5.97 Å². The quantitative estimate of drug-likeness (QED) is 0.264. The largest absolute Gasteiger partial charge is 0.489 e. The van der Waals surface area contributed by atoms with Crippen LogP contribution in [0.1, 0.15) is 36.1 Å². The lowest BCUT2D eigenvalue weighted by molar-refractivity contribution is -0.136. The summed E-state index contributed by atoms with van der Waals surface area (Å²) in [6, 6.07) is 21.7. The van der Waals surface area contributed by atoms with Crippen molar-refractivity contribution in [3.8, 4) is 5.75 Å². The Hall–Kier alpha value is -3.65. The second-order valence-corrected chi connectivity index (χ2v) is 10.6. The van der Waals surface area contributed by atoms with E-state index in [1.807, 2.05) is 73.7 Å². The third-order valence-corrected chi connectivity index (χ3v) is 8.03. The number of carbonyl (C=O) groups excluding carboxylic acids is 1. The van der Waals surface area contributed by atoms with Crippen molar-refractivity contribution >= 4 is 46.6 Å².